The van der Waals surface area contributed by atoms with Gasteiger partial charge in [-0.2, -0.15) is 15.0 Å². The highest BCUT2D eigenvalue weighted by Gasteiger charge is 2.37. The lowest BCUT2D eigenvalue weighted by molar-refractivity contribution is 0.122. The van der Waals surface area contributed by atoms with Crippen LogP contribution in [-0.2, 0) is 4.74 Å². The van der Waals surface area contributed by atoms with Crippen LogP contribution in [0.25, 0.3) is 0 Å². The second kappa shape index (κ2) is 5.98. The molecule has 1 aromatic heterocycles. The van der Waals surface area contributed by atoms with E-state index in [0.29, 0.717) is 31.1 Å². The Morgan fingerprint density at radius 3 is 2.48 bits per heavy atom. The summed E-state index contributed by atoms with van der Waals surface area (Å²) in [7, 11) is 1.79. The molecular weight excluding hydrogens is 272 g/mol. The van der Waals surface area contributed by atoms with E-state index in [-0.39, 0.29) is 12.1 Å². The summed E-state index contributed by atoms with van der Waals surface area (Å²) in [6.45, 7) is 3.02. The highest BCUT2D eigenvalue weighted by Crippen LogP contribution is 2.34. The summed E-state index contributed by atoms with van der Waals surface area (Å²) in [5.41, 5.74) is -0.269. The molecule has 1 saturated carbocycles. The molecule has 0 atom stereocenters. The van der Waals surface area contributed by atoms with Crippen LogP contribution >= 0.6 is 0 Å². The average molecular weight is 294 g/mol. The molecule has 0 bridgehead atoms. The van der Waals surface area contributed by atoms with Gasteiger partial charge in [-0.25, -0.2) is 0 Å². The van der Waals surface area contributed by atoms with E-state index in [1.807, 2.05) is 0 Å². The lowest BCUT2D eigenvalue weighted by Crippen LogP contribution is -2.49. The molecule has 2 aliphatic rings. The fraction of sp³-hybridized carbons (Fsp3) is 0.769. The molecule has 21 heavy (non-hydrogen) atoms. The molecule has 0 radical (unpaired) electrons. The normalized spacial score (nSPS) is 20.8. The number of nitrogens with one attached hydrogen (secondary N) is 2. The van der Waals surface area contributed by atoms with E-state index in [0.717, 1.165) is 32.4 Å². The van der Waals surface area contributed by atoms with Gasteiger partial charge in [-0.1, -0.05) is 0 Å². The van der Waals surface area contributed by atoms with Gasteiger partial charge < -0.3 is 25.4 Å². The van der Waals surface area contributed by atoms with Crippen molar-refractivity contribution in [3.05, 3.63) is 0 Å². The predicted octanol–water partition coefficient (Wildman–Crippen LogP) is 0.0768. The van der Waals surface area contributed by atoms with Gasteiger partial charge in [-0.05, 0) is 19.3 Å². The largest absolute Gasteiger partial charge is 0.394 e. The molecule has 0 amide bonds. The van der Waals surface area contributed by atoms with Gasteiger partial charge in [-0.15, -0.1) is 0 Å². The van der Waals surface area contributed by atoms with Crippen LogP contribution in [0.3, 0.4) is 0 Å². The second-order valence-corrected chi connectivity index (χ2v) is 5.55. The molecular formula is C13H22N6O2. The van der Waals surface area contributed by atoms with Crippen molar-refractivity contribution in [3.63, 3.8) is 0 Å². The number of ether oxygens (including phenoxy) is 1. The van der Waals surface area contributed by atoms with Crippen LogP contribution in [0.5, 0.6) is 0 Å². The highest BCUT2D eigenvalue weighted by atomic mass is 16.5. The summed E-state index contributed by atoms with van der Waals surface area (Å²) in [5.74, 6) is 1.69. The van der Waals surface area contributed by atoms with Crippen LogP contribution < -0.4 is 15.5 Å². The number of aliphatic hydroxyl groups excluding tert-OH is 1. The standard InChI is InChI=1S/C13H22N6O2/c1-14-10-15-11(18-13(9-20)3-2-4-13)17-12(16-10)19-5-7-21-8-6-19/h20H,2-9H2,1H3,(H2,14,15,16,17,18). The SMILES string of the molecule is CNc1nc(NC2(CO)CCC2)nc(N2CCOCC2)n1. The fourth-order valence-corrected chi connectivity index (χ4v) is 2.60. The zero-order valence-corrected chi connectivity index (χ0v) is 12.3. The number of hydrogen-bond acceptors (Lipinski definition) is 8. The van der Waals surface area contributed by atoms with E-state index >= 15 is 0 Å². The van der Waals surface area contributed by atoms with Gasteiger partial charge in [0.25, 0.3) is 0 Å². The van der Waals surface area contributed by atoms with Crippen molar-refractivity contribution in [2.24, 2.45) is 0 Å². The second-order valence-electron chi connectivity index (χ2n) is 5.55. The third-order valence-corrected chi connectivity index (χ3v) is 4.13. The minimum atomic E-state index is -0.269. The van der Waals surface area contributed by atoms with Crippen molar-refractivity contribution < 1.29 is 9.84 Å². The number of morpholine rings is 1. The molecule has 1 saturated heterocycles. The highest BCUT2D eigenvalue weighted by molar-refractivity contribution is 5.45. The monoisotopic (exact) mass is 294 g/mol. The Balaban J connectivity index is 1.82. The Labute approximate surface area is 123 Å². The number of nitrogens with zero attached hydrogens (tertiary/aromatic N) is 4. The van der Waals surface area contributed by atoms with Crippen molar-refractivity contribution in [1.29, 1.82) is 0 Å². The van der Waals surface area contributed by atoms with Crippen molar-refractivity contribution in [2.45, 2.75) is 24.8 Å². The van der Waals surface area contributed by atoms with Crippen molar-refractivity contribution in [3.8, 4) is 0 Å². The maximum atomic E-state index is 9.57. The summed E-state index contributed by atoms with van der Waals surface area (Å²) in [4.78, 5) is 15.4. The summed E-state index contributed by atoms with van der Waals surface area (Å²) in [5, 5.41) is 15.8. The van der Waals surface area contributed by atoms with Crippen molar-refractivity contribution in [2.75, 3.05) is 55.5 Å². The molecule has 2 fully saturated rings. The van der Waals surface area contributed by atoms with Gasteiger partial charge in [-0.3, -0.25) is 0 Å². The van der Waals surface area contributed by atoms with E-state index in [2.05, 4.69) is 30.5 Å². The van der Waals surface area contributed by atoms with Gasteiger partial charge in [0.2, 0.25) is 17.8 Å². The first kappa shape index (κ1) is 14.3. The van der Waals surface area contributed by atoms with Gasteiger partial charge in [0, 0.05) is 20.1 Å². The van der Waals surface area contributed by atoms with Crippen LogP contribution in [0, 0.1) is 0 Å². The Morgan fingerprint density at radius 1 is 1.19 bits per heavy atom. The summed E-state index contributed by atoms with van der Waals surface area (Å²) in [6.07, 6.45) is 3.00. The average Bonchev–Trinajstić information content (AvgIpc) is 2.51. The van der Waals surface area contributed by atoms with E-state index < -0.39 is 0 Å². The van der Waals surface area contributed by atoms with Crippen LogP contribution in [0.2, 0.25) is 0 Å². The minimum absolute atomic E-state index is 0.0977. The first-order chi connectivity index (χ1) is 10.2. The zero-order chi connectivity index (χ0) is 14.7. The van der Waals surface area contributed by atoms with Gasteiger partial charge in [0.05, 0.1) is 25.4 Å². The van der Waals surface area contributed by atoms with Crippen LogP contribution in [-0.4, -0.2) is 65.6 Å². The van der Waals surface area contributed by atoms with Crippen LogP contribution in [0.15, 0.2) is 0 Å². The lowest BCUT2D eigenvalue weighted by atomic mass is 9.77. The number of aliphatic hydroxyl groups is 1. The molecule has 2 heterocycles. The topological polar surface area (TPSA) is 95.4 Å². The summed E-state index contributed by atoms with van der Waals surface area (Å²) in [6, 6.07) is 0. The van der Waals surface area contributed by atoms with Crippen molar-refractivity contribution >= 4 is 17.8 Å². The van der Waals surface area contributed by atoms with E-state index in [1.54, 1.807) is 7.05 Å². The number of hydrogen-bond donors (Lipinski definition) is 3. The van der Waals surface area contributed by atoms with E-state index in [9.17, 15) is 5.11 Å². The molecule has 3 N–H and O–H groups in total. The third kappa shape index (κ3) is 3.01. The molecule has 0 unspecified atom stereocenters. The number of rotatable bonds is 5. The minimum Gasteiger partial charge on any atom is -0.394 e. The molecule has 8 nitrogen and oxygen atoms in total. The number of aromatic nitrogens is 3. The molecule has 1 aliphatic carbocycles. The molecule has 3 rings (SSSR count). The Bertz CT molecular complexity index is 482. The van der Waals surface area contributed by atoms with Gasteiger partial charge >= 0.3 is 0 Å². The third-order valence-electron chi connectivity index (χ3n) is 4.13. The predicted molar refractivity (Wildman–Crippen MR) is 79.7 cm³/mol. The van der Waals surface area contributed by atoms with E-state index in [1.165, 1.54) is 0 Å². The molecule has 1 aliphatic heterocycles. The summed E-state index contributed by atoms with van der Waals surface area (Å²) >= 11 is 0. The maximum absolute atomic E-state index is 9.57. The van der Waals surface area contributed by atoms with Gasteiger partial charge in [0.1, 0.15) is 0 Å². The fourth-order valence-electron chi connectivity index (χ4n) is 2.60. The van der Waals surface area contributed by atoms with E-state index in [4.69, 9.17) is 4.74 Å². The summed E-state index contributed by atoms with van der Waals surface area (Å²) < 4.78 is 5.36. The Morgan fingerprint density at radius 2 is 1.90 bits per heavy atom. The molecule has 8 heteroatoms. The molecule has 1 aromatic rings. The van der Waals surface area contributed by atoms with Gasteiger partial charge in [0.15, 0.2) is 0 Å². The first-order valence-corrected chi connectivity index (χ1v) is 7.40. The maximum Gasteiger partial charge on any atom is 0.232 e. The number of anilines is 3. The molecule has 116 valence electrons. The zero-order valence-electron chi connectivity index (χ0n) is 12.3. The quantitative estimate of drug-likeness (QED) is 0.702. The Hall–Kier alpha value is -1.67. The molecule has 0 spiro atoms. The Kier molecular flexibility index (Phi) is 4.07. The molecule has 0 aromatic carbocycles. The van der Waals surface area contributed by atoms with Crippen LogP contribution in [0.1, 0.15) is 19.3 Å². The smallest absolute Gasteiger partial charge is 0.232 e. The first-order valence-electron chi connectivity index (χ1n) is 7.40. The lowest BCUT2D eigenvalue weighted by Gasteiger charge is -2.41. The van der Waals surface area contributed by atoms with Crippen molar-refractivity contribution in [1.82, 2.24) is 15.0 Å². The van der Waals surface area contributed by atoms with Crippen LogP contribution in [0.4, 0.5) is 17.8 Å².